The molecule has 0 radical (unpaired) electrons. The van der Waals surface area contributed by atoms with E-state index in [-0.39, 0.29) is 5.69 Å². The zero-order valence-corrected chi connectivity index (χ0v) is 15.5. The Labute approximate surface area is 166 Å². The zero-order chi connectivity index (χ0) is 20.2. The van der Waals surface area contributed by atoms with E-state index >= 15 is 0 Å². The highest BCUT2D eigenvalue weighted by Crippen LogP contribution is 2.25. The number of aromatic nitrogens is 3. The molecule has 4 rings (SSSR count). The molecule has 0 unspecified atom stereocenters. The number of anilines is 1. The first kappa shape index (κ1) is 18.4. The van der Waals surface area contributed by atoms with Gasteiger partial charge < -0.3 is 10.1 Å². The molecule has 0 aliphatic rings. The number of rotatable bonds is 5. The first-order valence-corrected chi connectivity index (χ1v) is 8.86. The maximum Gasteiger partial charge on any atom is 0.276 e. The molecule has 2 aromatic carbocycles. The standard InChI is InChI=1S/C22H17FN4O2/c1-29-19-9-7-18(8-10-19)27-21(15-4-3-11-24-14-15)13-20(26-27)22(28)25-17-6-2-5-16(23)12-17/h2-14H,1H3,(H,25,28). The Bertz CT molecular complexity index is 1140. The molecule has 0 aliphatic carbocycles. The lowest BCUT2D eigenvalue weighted by atomic mass is 10.2. The molecule has 0 fully saturated rings. The van der Waals surface area contributed by atoms with Crippen LogP contribution in [0.2, 0.25) is 0 Å². The second kappa shape index (κ2) is 7.93. The van der Waals surface area contributed by atoms with E-state index in [0.717, 1.165) is 11.3 Å². The predicted octanol–water partition coefficient (Wildman–Crippen LogP) is 4.33. The van der Waals surface area contributed by atoms with Crippen LogP contribution in [0.4, 0.5) is 10.1 Å². The van der Waals surface area contributed by atoms with E-state index in [1.54, 1.807) is 36.3 Å². The number of pyridine rings is 1. The minimum absolute atomic E-state index is 0.198. The fourth-order valence-electron chi connectivity index (χ4n) is 2.89. The molecule has 2 heterocycles. The molecule has 0 bridgehead atoms. The zero-order valence-electron chi connectivity index (χ0n) is 15.5. The molecule has 0 saturated heterocycles. The van der Waals surface area contributed by atoms with Crippen molar-refractivity contribution in [2.24, 2.45) is 0 Å². The van der Waals surface area contributed by atoms with Gasteiger partial charge in [0.05, 0.1) is 18.5 Å². The number of carbonyl (C=O) groups is 1. The van der Waals surface area contributed by atoms with Gasteiger partial charge in [0.25, 0.3) is 5.91 Å². The van der Waals surface area contributed by atoms with Gasteiger partial charge in [0.2, 0.25) is 0 Å². The molecule has 0 aliphatic heterocycles. The summed E-state index contributed by atoms with van der Waals surface area (Å²) < 4.78 is 20.3. The molecule has 0 spiro atoms. The summed E-state index contributed by atoms with van der Waals surface area (Å²) in [6.07, 6.45) is 3.38. The van der Waals surface area contributed by atoms with Crippen LogP contribution in [-0.4, -0.2) is 27.8 Å². The number of amides is 1. The highest BCUT2D eigenvalue weighted by molar-refractivity contribution is 6.03. The number of ether oxygens (including phenoxy) is 1. The third-order valence-corrected chi connectivity index (χ3v) is 4.30. The van der Waals surface area contributed by atoms with Crippen LogP contribution in [0.1, 0.15) is 10.5 Å². The van der Waals surface area contributed by atoms with Gasteiger partial charge in [-0.05, 0) is 60.7 Å². The third-order valence-electron chi connectivity index (χ3n) is 4.30. The lowest BCUT2D eigenvalue weighted by Gasteiger charge is -2.08. The Balaban J connectivity index is 1.73. The fraction of sp³-hybridized carbons (Fsp3) is 0.0455. The van der Waals surface area contributed by atoms with Crippen molar-refractivity contribution in [1.29, 1.82) is 0 Å². The van der Waals surface area contributed by atoms with E-state index in [4.69, 9.17) is 4.74 Å². The average Bonchev–Trinajstić information content (AvgIpc) is 3.20. The Hall–Kier alpha value is -4.00. The molecule has 4 aromatic rings. The van der Waals surface area contributed by atoms with Gasteiger partial charge in [0.15, 0.2) is 5.69 Å². The molecular formula is C22H17FN4O2. The van der Waals surface area contributed by atoms with Gasteiger partial charge in [-0.25, -0.2) is 9.07 Å². The Morgan fingerprint density at radius 1 is 1.07 bits per heavy atom. The lowest BCUT2D eigenvalue weighted by Crippen LogP contribution is -2.13. The quantitative estimate of drug-likeness (QED) is 0.552. The van der Waals surface area contributed by atoms with E-state index in [1.807, 2.05) is 36.4 Å². The molecule has 6 nitrogen and oxygen atoms in total. The molecule has 1 N–H and O–H groups in total. The van der Waals surface area contributed by atoms with Gasteiger partial charge in [0.1, 0.15) is 11.6 Å². The van der Waals surface area contributed by atoms with Crippen molar-refractivity contribution in [2.75, 3.05) is 12.4 Å². The van der Waals surface area contributed by atoms with Crippen LogP contribution in [0.25, 0.3) is 16.9 Å². The minimum atomic E-state index is -0.437. The van der Waals surface area contributed by atoms with Crippen molar-refractivity contribution in [3.05, 3.63) is 90.6 Å². The second-order valence-electron chi connectivity index (χ2n) is 6.23. The van der Waals surface area contributed by atoms with Gasteiger partial charge in [-0.15, -0.1) is 0 Å². The third kappa shape index (κ3) is 3.98. The number of hydrogen-bond acceptors (Lipinski definition) is 4. The highest BCUT2D eigenvalue weighted by atomic mass is 19.1. The number of halogens is 1. The van der Waals surface area contributed by atoms with Crippen LogP contribution in [0, 0.1) is 5.82 Å². The number of benzene rings is 2. The Kier molecular flexibility index (Phi) is 5.03. The normalized spacial score (nSPS) is 10.6. The summed E-state index contributed by atoms with van der Waals surface area (Å²) >= 11 is 0. The summed E-state index contributed by atoms with van der Waals surface area (Å²) in [5.74, 6) is -0.150. The lowest BCUT2D eigenvalue weighted by molar-refractivity contribution is 0.102. The van der Waals surface area contributed by atoms with Crippen molar-refractivity contribution in [2.45, 2.75) is 0 Å². The van der Waals surface area contributed by atoms with Crippen molar-refractivity contribution in [1.82, 2.24) is 14.8 Å². The summed E-state index contributed by atoms with van der Waals surface area (Å²) in [7, 11) is 1.60. The van der Waals surface area contributed by atoms with Gasteiger partial charge in [-0.3, -0.25) is 9.78 Å². The number of methoxy groups -OCH3 is 1. The molecular weight excluding hydrogens is 371 g/mol. The van der Waals surface area contributed by atoms with Crippen LogP contribution in [0.15, 0.2) is 79.1 Å². The van der Waals surface area contributed by atoms with Crippen LogP contribution in [0.5, 0.6) is 5.75 Å². The van der Waals surface area contributed by atoms with E-state index in [9.17, 15) is 9.18 Å². The van der Waals surface area contributed by atoms with Crippen LogP contribution < -0.4 is 10.1 Å². The van der Waals surface area contributed by atoms with Crippen LogP contribution in [0.3, 0.4) is 0 Å². The van der Waals surface area contributed by atoms with E-state index in [1.165, 1.54) is 18.2 Å². The summed E-state index contributed by atoms with van der Waals surface area (Å²) in [6, 6.07) is 18.4. The molecule has 1 amide bonds. The first-order chi connectivity index (χ1) is 14.1. The molecule has 2 aromatic heterocycles. The van der Waals surface area contributed by atoms with Crippen molar-refractivity contribution in [3.8, 4) is 22.7 Å². The van der Waals surface area contributed by atoms with Gasteiger partial charge in [0, 0.05) is 23.6 Å². The summed E-state index contributed by atoms with van der Waals surface area (Å²) in [4.78, 5) is 16.9. The van der Waals surface area contributed by atoms with Gasteiger partial charge >= 0.3 is 0 Å². The first-order valence-electron chi connectivity index (χ1n) is 8.86. The molecule has 0 atom stereocenters. The fourth-order valence-corrected chi connectivity index (χ4v) is 2.89. The SMILES string of the molecule is COc1ccc(-n2nc(C(=O)Nc3cccc(F)c3)cc2-c2cccnc2)cc1. The second-order valence-corrected chi connectivity index (χ2v) is 6.23. The minimum Gasteiger partial charge on any atom is -0.497 e. The van der Waals surface area contributed by atoms with E-state index in [0.29, 0.717) is 17.1 Å². The predicted molar refractivity (Wildman–Crippen MR) is 108 cm³/mol. The van der Waals surface area contributed by atoms with Crippen molar-refractivity contribution >= 4 is 11.6 Å². The van der Waals surface area contributed by atoms with E-state index < -0.39 is 11.7 Å². The summed E-state index contributed by atoms with van der Waals surface area (Å²) in [5.41, 5.74) is 2.82. The van der Waals surface area contributed by atoms with Crippen LogP contribution in [-0.2, 0) is 0 Å². The number of carbonyl (C=O) groups excluding carboxylic acids is 1. The molecule has 7 heteroatoms. The van der Waals surface area contributed by atoms with Gasteiger partial charge in [-0.2, -0.15) is 5.10 Å². The average molecular weight is 388 g/mol. The molecule has 29 heavy (non-hydrogen) atoms. The molecule has 0 saturated carbocycles. The van der Waals surface area contributed by atoms with E-state index in [2.05, 4.69) is 15.4 Å². The topological polar surface area (TPSA) is 69.0 Å². The smallest absolute Gasteiger partial charge is 0.276 e. The van der Waals surface area contributed by atoms with Crippen LogP contribution >= 0.6 is 0 Å². The highest BCUT2D eigenvalue weighted by Gasteiger charge is 2.17. The Morgan fingerprint density at radius 2 is 1.90 bits per heavy atom. The van der Waals surface area contributed by atoms with Gasteiger partial charge in [-0.1, -0.05) is 6.07 Å². The largest absolute Gasteiger partial charge is 0.497 e. The Morgan fingerprint density at radius 3 is 2.59 bits per heavy atom. The molecule has 144 valence electrons. The number of hydrogen-bond donors (Lipinski definition) is 1. The maximum absolute atomic E-state index is 13.4. The number of nitrogens with one attached hydrogen (secondary N) is 1. The van der Waals surface area contributed by atoms with Crippen molar-refractivity contribution < 1.29 is 13.9 Å². The monoisotopic (exact) mass is 388 g/mol. The number of nitrogens with zero attached hydrogens (tertiary/aromatic N) is 3. The summed E-state index contributed by atoms with van der Waals surface area (Å²) in [6.45, 7) is 0. The van der Waals surface area contributed by atoms with Crippen molar-refractivity contribution in [3.63, 3.8) is 0 Å². The summed E-state index contributed by atoms with van der Waals surface area (Å²) in [5, 5.41) is 7.14. The maximum atomic E-state index is 13.4.